The second-order valence-electron chi connectivity index (χ2n) is 7.82. The molecule has 2 aromatic rings. The molecular formula is C23H28FN3O2. The number of carbonyl (C=O) groups is 2. The highest BCUT2D eigenvalue weighted by atomic mass is 19.1. The van der Waals surface area contributed by atoms with Crippen molar-refractivity contribution in [1.82, 2.24) is 15.5 Å². The number of nitrogens with one attached hydrogen (secondary N) is 2. The minimum atomic E-state index is -0.535. The predicted molar refractivity (Wildman–Crippen MR) is 111 cm³/mol. The standard InChI is InChI=1S/C23H28FN3O2/c1-25-22(28)18-10-9-15(12-21(18)24)11-17(27(2)3)14-26-23(29)20-13-19(20)16-7-5-4-6-8-16/h4-10,12,17,19-20H,11,13-14H2,1-3H3,(H,25,28)(H,26,29)/t17-,19-,20+/m0/s1. The maximum Gasteiger partial charge on any atom is 0.253 e. The number of rotatable bonds is 8. The molecule has 1 saturated carbocycles. The molecule has 0 spiro atoms. The van der Waals surface area contributed by atoms with E-state index in [-0.39, 0.29) is 23.4 Å². The molecule has 0 heterocycles. The van der Waals surface area contributed by atoms with Crippen LogP contribution in [0.3, 0.4) is 0 Å². The van der Waals surface area contributed by atoms with Crippen LogP contribution in [-0.4, -0.2) is 50.4 Å². The van der Waals surface area contributed by atoms with Crippen LogP contribution in [0.4, 0.5) is 4.39 Å². The molecule has 2 amide bonds. The van der Waals surface area contributed by atoms with Crippen molar-refractivity contribution in [1.29, 1.82) is 0 Å². The van der Waals surface area contributed by atoms with Gasteiger partial charge in [0.2, 0.25) is 5.91 Å². The van der Waals surface area contributed by atoms with Gasteiger partial charge in [-0.3, -0.25) is 9.59 Å². The second kappa shape index (κ2) is 9.18. The smallest absolute Gasteiger partial charge is 0.253 e. The van der Waals surface area contributed by atoms with Gasteiger partial charge in [-0.1, -0.05) is 36.4 Å². The molecular weight excluding hydrogens is 369 g/mol. The first-order valence-corrected chi connectivity index (χ1v) is 9.90. The number of amides is 2. The zero-order valence-corrected chi connectivity index (χ0v) is 17.1. The molecule has 0 aliphatic heterocycles. The number of benzene rings is 2. The van der Waals surface area contributed by atoms with Crippen LogP contribution in [0.2, 0.25) is 0 Å². The van der Waals surface area contributed by atoms with Crippen molar-refractivity contribution in [2.75, 3.05) is 27.7 Å². The lowest BCUT2D eigenvalue weighted by Crippen LogP contribution is -2.42. The van der Waals surface area contributed by atoms with Crippen LogP contribution in [0.25, 0.3) is 0 Å². The fraction of sp³-hybridized carbons (Fsp3) is 0.391. The zero-order valence-electron chi connectivity index (χ0n) is 17.1. The Kier molecular flexibility index (Phi) is 6.64. The van der Waals surface area contributed by atoms with E-state index in [0.29, 0.717) is 18.9 Å². The Morgan fingerprint density at radius 3 is 2.52 bits per heavy atom. The number of hydrogen-bond acceptors (Lipinski definition) is 3. The van der Waals surface area contributed by atoms with E-state index < -0.39 is 11.7 Å². The van der Waals surface area contributed by atoms with Crippen LogP contribution in [0.15, 0.2) is 48.5 Å². The molecule has 0 bridgehead atoms. The highest BCUT2D eigenvalue weighted by Crippen LogP contribution is 2.47. The van der Waals surface area contributed by atoms with E-state index in [1.54, 1.807) is 6.07 Å². The molecule has 2 aromatic carbocycles. The van der Waals surface area contributed by atoms with Crippen LogP contribution >= 0.6 is 0 Å². The fourth-order valence-corrected chi connectivity index (χ4v) is 3.62. The topological polar surface area (TPSA) is 61.4 Å². The van der Waals surface area contributed by atoms with Gasteiger partial charge in [0.1, 0.15) is 5.82 Å². The van der Waals surface area contributed by atoms with Crippen molar-refractivity contribution in [2.45, 2.75) is 24.8 Å². The minimum Gasteiger partial charge on any atom is -0.355 e. The lowest BCUT2D eigenvalue weighted by molar-refractivity contribution is -0.122. The highest BCUT2D eigenvalue weighted by molar-refractivity contribution is 5.94. The maximum atomic E-state index is 14.2. The summed E-state index contributed by atoms with van der Waals surface area (Å²) in [4.78, 5) is 26.2. The van der Waals surface area contributed by atoms with Gasteiger partial charge >= 0.3 is 0 Å². The van der Waals surface area contributed by atoms with Gasteiger partial charge in [-0.25, -0.2) is 4.39 Å². The SMILES string of the molecule is CNC(=O)c1ccc(C[C@@H](CNC(=O)[C@@H]2C[C@H]2c2ccccc2)N(C)C)cc1F. The molecule has 154 valence electrons. The summed E-state index contributed by atoms with van der Waals surface area (Å²) in [6.07, 6.45) is 1.46. The van der Waals surface area contributed by atoms with Crippen molar-refractivity contribution >= 4 is 11.8 Å². The summed E-state index contributed by atoms with van der Waals surface area (Å²) in [5.74, 6) is -0.563. The molecule has 3 rings (SSSR count). The van der Waals surface area contributed by atoms with Crippen molar-refractivity contribution in [3.63, 3.8) is 0 Å². The average molecular weight is 397 g/mol. The van der Waals surface area contributed by atoms with Crippen LogP contribution in [-0.2, 0) is 11.2 Å². The number of carbonyl (C=O) groups excluding carboxylic acids is 2. The van der Waals surface area contributed by atoms with Crippen molar-refractivity contribution < 1.29 is 14.0 Å². The molecule has 29 heavy (non-hydrogen) atoms. The molecule has 1 fully saturated rings. The van der Waals surface area contributed by atoms with Gasteiger partial charge in [0.05, 0.1) is 5.56 Å². The van der Waals surface area contributed by atoms with Gasteiger partial charge < -0.3 is 15.5 Å². The Bertz CT molecular complexity index is 870. The summed E-state index contributed by atoms with van der Waals surface area (Å²) in [5.41, 5.74) is 2.03. The molecule has 0 unspecified atom stereocenters. The number of likely N-dealkylation sites (N-methyl/N-ethyl adjacent to an activating group) is 1. The monoisotopic (exact) mass is 397 g/mol. The molecule has 1 aliphatic rings. The number of hydrogen-bond donors (Lipinski definition) is 2. The van der Waals surface area contributed by atoms with Crippen molar-refractivity contribution in [3.8, 4) is 0 Å². The van der Waals surface area contributed by atoms with E-state index in [1.807, 2.05) is 37.2 Å². The van der Waals surface area contributed by atoms with E-state index in [4.69, 9.17) is 0 Å². The molecule has 2 N–H and O–H groups in total. The minimum absolute atomic E-state index is 0.0260. The first kappa shape index (κ1) is 21.0. The third-order valence-corrected chi connectivity index (χ3v) is 5.57. The summed E-state index contributed by atoms with van der Waals surface area (Å²) >= 11 is 0. The summed E-state index contributed by atoms with van der Waals surface area (Å²) in [5, 5.41) is 5.49. The van der Waals surface area contributed by atoms with E-state index in [9.17, 15) is 14.0 Å². The van der Waals surface area contributed by atoms with Gasteiger partial charge in [0.15, 0.2) is 0 Å². The quantitative estimate of drug-likeness (QED) is 0.720. The zero-order chi connectivity index (χ0) is 21.0. The van der Waals surface area contributed by atoms with Gasteiger partial charge in [-0.15, -0.1) is 0 Å². The molecule has 1 aliphatic carbocycles. The molecule has 3 atom stereocenters. The van der Waals surface area contributed by atoms with E-state index in [2.05, 4.69) is 22.8 Å². The van der Waals surface area contributed by atoms with Gasteiger partial charge in [0, 0.05) is 25.6 Å². The van der Waals surface area contributed by atoms with Crippen LogP contribution in [0.1, 0.15) is 33.8 Å². The Labute approximate surface area is 171 Å². The van der Waals surface area contributed by atoms with Gasteiger partial charge in [-0.05, 0) is 56.1 Å². The summed E-state index contributed by atoms with van der Waals surface area (Å²) in [7, 11) is 5.36. The predicted octanol–water partition coefficient (Wildman–Crippen LogP) is 2.58. The summed E-state index contributed by atoms with van der Waals surface area (Å²) in [6.45, 7) is 0.489. The summed E-state index contributed by atoms with van der Waals surface area (Å²) in [6, 6.07) is 14.8. The Morgan fingerprint density at radius 1 is 1.17 bits per heavy atom. The lowest BCUT2D eigenvalue weighted by Gasteiger charge is -2.25. The maximum absolute atomic E-state index is 14.2. The van der Waals surface area contributed by atoms with E-state index in [1.165, 1.54) is 24.7 Å². The highest BCUT2D eigenvalue weighted by Gasteiger charge is 2.43. The third-order valence-electron chi connectivity index (χ3n) is 5.57. The normalized spacial score (nSPS) is 18.9. The number of halogens is 1. The van der Waals surface area contributed by atoms with E-state index >= 15 is 0 Å². The van der Waals surface area contributed by atoms with Gasteiger partial charge in [0.25, 0.3) is 5.91 Å². The van der Waals surface area contributed by atoms with Crippen LogP contribution in [0.5, 0.6) is 0 Å². The molecule has 0 aromatic heterocycles. The first-order chi connectivity index (χ1) is 13.9. The molecule has 0 saturated heterocycles. The average Bonchev–Trinajstić information content (AvgIpc) is 3.52. The second-order valence-corrected chi connectivity index (χ2v) is 7.82. The first-order valence-electron chi connectivity index (χ1n) is 9.90. The Balaban J connectivity index is 1.56. The molecule has 0 radical (unpaired) electrons. The lowest BCUT2D eigenvalue weighted by atomic mass is 10.0. The largest absolute Gasteiger partial charge is 0.355 e. The Morgan fingerprint density at radius 2 is 1.90 bits per heavy atom. The van der Waals surface area contributed by atoms with E-state index in [0.717, 1.165) is 12.0 Å². The van der Waals surface area contributed by atoms with Crippen molar-refractivity contribution in [2.24, 2.45) is 5.92 Å². The summed E-state index contributed by atoms with van der Waals surface area (Å²) < 4.78 is 14.2. The van der Waals surface area contributed by atoms with Crippen LogP contribution in [0, 0.1) is 11.7 Å². The Hall–Kier alpha value is -2.73. The molecule has 5 nitrogen and oxygen atoms in total. The third kappa shape index (κ3) is 5.21. The number of nitrogens with zero attached hydrogens (tertiary/aromatic N) is 1. The van der Waals surface area contributed by atoms with Crippen LogP contribution < -0.4 is 10.6 Å². The fourth-order valence-electron chi connectivity index (χ4n) is 3.62. The van der Waals surface area contributed by atoms with Crippen molar-refractivity contribution in [3.05, 3.63) is 71.0 Å². The van der Waals surface area contributed by atoms with Gasteiger partial charge in [-0.2, -0.15) is 0 Å². The molecule has 6 heteroatoms.